The summed E-state index contributed by atoms with van der Waals surface area (Å²) in [5, 5.41) is 1.16. The highest BCUT2D eigenvalue weighted by Gasteiger charge is 2.27. The van der Waals surface area contributed by atoms with Gasteiger partial charge in [-0.2, -0.15) is 0 Å². The Bertz CT molecular complexity index is 1060. The molecule has 1 atom stereocenters. The molecule has 2 aromatic carbocycles. The van der Waals surface area contributed by atoms with E-state index < -0.39 is 0 Å². The average molecular weight is 421 g/mol. The first-order valence-electron chi connectivity index (χ1n) is 11.2. The second kappa shape index (κ2) is 9.46. The smallest absolute Gasteiger partial charge is 0.227 e. The molecule has 1 aliphatic rings. The van der Waals surface area contributed by atoms with Crippen LogP contribution in [-0.2, 0) is 17.6 Å². The molecule has 1 aromatic heterocycles. The van der Waals surface area contributed by atoms with Crippen LogP contribution in [0.1, 0.15) is 42.5 Å². The second-order valence-electron chi connectivity index (χ2n) is 8.42. The molecule has 1 fully saturated rings. The largest absolute Gasteiger partial charge is 0.493 e. The number of H-pyrrole nitrogens is 1. The van der Waals surface area contributed by atoms with Gasteiger partial charge >= 0.3 is 0 Å². The lowest BCUT2D eigenvalue weighted by Gasteiger charge is -2.36. The predicted octanol–water partition coefficient (Wildman–Crippen LogP) is 5.05. The number of hydrogen-bond donors (Lipinski definition) is 1. The summed E-state index contributed by atoms with van der Waals surface area (Å²) in [5.74, 6) is 1.74. The Hall–Kier alpha value is -2.95. The maximum atomic E-state index is 13.3. The first-order chi connectivity index (χ1) is 15.1. The summed E-state index contributed by atoms with van der Waals surface area (Å²) in [5.41, 5.74) is 4.53. The van der Waals surface area contributed by atoms with Gasteiger partial charge in [-0.3, -0.25) is 4.79 Å². The van der Waals surface area contributed by atoms with E-state index in [0.717, 1.165) is 65.9 Å². The fourth-order valence-electron chi connectivity index (χ4n) is 4.81. The maximum Gasteiger partial charge on any atom is 0.227 e. The molecule has 164 valence electrons. The molecular weight excluding hydrogens is 388 g/mol. The van der Waals surface area contributed by atoms with E-state index >= 15 is 0 Å². The summed E-state index contributed by atoms with van der Waals surface area (Å²) in [6, 6.07) is 14.6. The highest BCUT2D eigenvalue weighted by Crippen LogP contribution is 2.30. The molecule has 5 nitrogen and oxygen atoms in total. The van der Waals surface area contributed by atoms with Crippen molar-refractivity contribution in [1.82, 2.24) is 9.88 Å². The average Bonchev–Trinajstić information content (AvgIpc) is 3.12. The van der Waals surface area contributed by atoms with Crippen LogP contribution in [0.15, 0.2) is 42.5 Å². The Morgan fingerprint density at radius 2 is 1.90 bits per heavy atom. The Morgan fingerprint density at radius 3 is 2.71 bits per heavy atom. The van der Waals surface area contributed by atoms with Gasteiger partial charge in [0.25, 0.3) is 0 Å². The summed E-state index contributed by atoms with van der Waals surface area (Å²) >= 11 is 0. The minimum Gasteiger partial charge on any atom is -0.493 e. The molecule has 2 heterocycles. The fourth-order valence-corrected chi connectivity index (χ4v) is 4.81. The standard InChI is InChI=1S/C26H32N2O3/c1-18-22(21-9-4-5-10-23(21)27-18)17-26(29)28-15-7-6-8-20(28)13-11-19-12-14-24(30-2)25(16-19)31-3/h4-5,9-10,12,14,16,20,27H,6-8,11,13,15,17H2,1-3H3. The SMILES string of the molecule is COc1ccc(CCC2CCCCN2C(=O)Cc2c(C)[nH]c3ccccc23)cc1OC. The van der Waals surface area contributed by atoms with Gasteiger partial charge in [-0.15, -0.1) is 0 Å². The number of fused-ring (bicyclic) bond motifs is 1. The number of aromatic nitrogens is 1. The summed E-state index contributed by atoms with van der Waals surface area (Å²) in [6.07, 6.45) is 5.70. The summed E-state index contributed by atoms with van der Waals surface area (Å²) in [4.78, 5) is 18.9. The third kappa shape index (κ3) is 4.55. The van der Waals surface area contributed by atoms with Crippen molar-refractivity contribution in [3.8, 4) is 11.5 Å². The van der Waals surface area contributed by atoms with Gasteiger partial charge < -0.3 is 19.4 Å². The van der Waals surface area contributed by atoms with E-state index in [9.17, 15) is 4.79 Å². The number of aromatic amines is 1. The maximum absolute atomic E-state index is 13.3. The highest BCUT2D eigenvalue weighted by molar-refractivity contribution is 5.90. The Kier molecular flexibility index (Phi) is 6.50. The number of methoxy groups -OCH3 is 2. The zero-order valence-corrected chi connectivity index (χ0v) is 18.7. The van der Waals surface area contributed by atoms with E-state index in [4.69, 9.17) is 9.47 Å². The van der Waals surface area contributed by atoms with Crippen molar-refractivity contribution >= 4 is 16.8 Å². The molecular formula is C26H32N2O3. The van der Waals surface area contributed by atoms with Gasteiger partial charge in [-0.05, 0) is 68.4 Å². The lowest BCUT2D eigenvalue weighted by molar-refractivity contribution is -0.134. The zero-order chi connectivity index (χ0) is 21.8. The van der Waals surface area contributed by atoms with Crippen LogP contribution in [0.5, 0.6) is 11.5 Å². The van der Waals surface area contributed by atoms with E-state index in [1.54, 1.807) is 14.2 Å². The number of rotatable bonds is 7. The Labute approximate surface area is 184 Å². The molecule has 0 bridgehead atoms. The fraction of sp³-hybridized carbons (Fsp3) is 0.423. The third-order valence-electron chi connectivity index (χ3n) is 6.52. The number of hydrogen-bond acceptors (Lipinski definition) is 3. The summed E-state index contributed by atoms with van der Waals surface area (Å²) in [7, 11) is 3.31. The Morgan fingerprint density at radius 1 is 1.10 bits per heavy atom. The van der Waals surface area contributed by atoms with Gasteiger partial charge in [-0.25, -0.2) is 0 Å². The van der Waals surface area contributed by atoms with Crippen molar-refractivity contribution in [3.63, 3.8) is 0 Å². The zero-order valence-electron chi connectivity index (χ0n) is 18.7. The van der Waals surface area contributed by atoms with Crippen molar-refractivity contribution in [2.24, 2.45) is 0 Å². The van der Waals surface area contributed by atoms with Crippen molar-refractivity contribution in [1.29, 1.82) is 0 Å². The van der Waals surface area contributed by atoms with Gasteiger partial charge in [0.15, 0.2) is 11.5 Å². The van der Waals surface area contributed by atoms with Gasteiger partial charge in [0.1, 0.15) is 0 Å². The molecule has 1 amide bonds. The normalized spacial score (nSPS) is 16.5. The minimum absolute atomic E-state index is 0.241. The first kappa shape index (κ1) is 21.3. The van der Waals surface area contributed by atoms with E-state index in [2.05, 4.69) is 35.0 Å². The number of carbonyl (C=O) groups excluding carboxylic acids is 1. The summed E-state index contributed by atoms with van der Waals surface area (Å²) < 4.78 is 10.8. The second-order valence-corrected chi connectivity index (χ2v) is 8.42. The van der Waals surface area contributed by atoms with Crippen LogP contribution in [0.2, 0.25) is 0 Å². The molecule has 3 aromatic rings. The molecule has 1 unspecified atom stereocenters. The lowest BCUT2D eigenvalue weighted by atomic mass is 9.94. The van der Waals surface area contributed by atoms with Crippen molar-refractivity contribution in [2.75, 3.05) is 20.8 Å². The number of benzene rings is 2. The van der Waals surface area contributed by atoms with E-state index in [1.165, 1.54) is 12.0 Å². The number of nitrogens with zero attached hydrogens (tertiary/aromatic N) is 1. The van der Waals surface area contributed by atoms with E-state index in [-0.39, 0.29) is 5.91 Å². The molecule has 5 heteroatoms. The number of aryl methyl sites for hydroxylation is 2. The van der Waals surface area contributed by atoms with Crippen molar-refractivity contribution < 1.29 is 14.3 Å². The van der Waals surface area contributed by atoms with Crippen LogP contribution in [0, 0.1) is 6.92 Å². The van der Waals surface area contributed by atoms with E-state index in [0.29, 0.717) is 12.5 Å². The molecule has 4 rings (SSSR count). The molecule has 0 radical (unpaired) electrons. The van der Waals surface area contributed by atoms with Gasteiger partial charge in [0.05, 0.1) is 20.6 Å². The lowest BCUT2D eigenvalue weighted by Crippen LogP contribution is -2.44. The number of likely N-dealkylation sites (tertiary alicyclic amines) is 1. The van der Waals surface area contributed by atoms with Crippen LogP contribution in [0.4, 0.5) is 0 Å². The van der Waals surface area contributed by atoms with E-state index in [1.807, 2.05) is 24.3 Å². The van der Waals surface area contributed by atoms with Crippen LogP contribution < -0.4 is 9.47 Å². The Balaban J connectivity index is 1.46. The number of ether oxygens (including phenoxy) is 2. The van der Waals surface area contributed by atoms with Crippen LogP contribution in [0.25, 0.3) is 10.9 Å². The highest BCUT2D eigenvalue weighted by atomic mass is 16.5. The minimum atomic E-state index is 0.241. The third-order valence-corrected chi connectivity index (χ3v) is 6.52. The van der Waals surface area contributed by atoms with Crippen molar-refractivity contribution in [3.05, 3.63) is 59.3 Å². The van der Waals surface area contributed by atoms with Gasteiger partial charge in [-0.1, -0.05) is 24.3 Å². The first-order valence-corrected chi connectivity index (χ1v) is 11.2. The number of nitrogens with one attached hydrogen (secondary N) is 1. The molecule has 0 saturated carbocycles. The number of para-hydroxylation sites is 1. The molecule has 0 aliphatic carbocycles. The molecule has 1 N–H and O–H groups in total. The number of carbonyl (C=O) groups is 1. The quantitative estimate of drug-likeness (QED) is 0.582. The van der Waals surface area contributed by atoms with Crippen molar-refractivity contribution in [2.45, 2.75) is 51.5 Å². The molecule has 31 heavy (non-hydrogen) atoms. The predicted molar refractivity (Wildman–Crippen MR) is 124 cm³/mol. The van der Waals surface area contributed by atoms with Crippen LogP contribution in [-0.4, -0.2) is 42.6 Å². The number of piperidine rings is 1. The number of amides is 1. The summed E-state index contributed by atoms with van der Waals surface area (Å²) in [6.45, 7) is 2.92. The molecule has 1 aliphatic heterocycles. The van der Waals surface area contributed by atoms with Gasteiger partial charge in [0, 0.05) is 29.2 Å². The molecule has 0 spiro atoms. The van der Waals surface area contributed by atoms with Gasteiger partial charge in [0.2, 0.25) is 5.91 Å². The monoisotopic (exact) mass is 420 g/mol. The molecule has 1 saturated heterocycles. The topological polar surface area (TPSA) is 54.6 Å². The van der Waals surface area contributed by atoms with Crippen LogP contribution in [0.3, 0.4) is 0 Å². The van der Waals surface area contributed by atoms with Crippen LogP contribution >= 0.6 is 0 Å².